The number of fused-ring (bicyclic) bond motifs is 2. The monoisotopic (exact) mass is 274 g/mol. The van der Waals surface area contributed by atoms with E-state index in [-0.39, 0.29) is 0 Å². The van der Waals surface area contributed by atoms with Gasteiger partial charge in [0, 0.05) is 10.5 Å². The molecule has 2 aliphatic heterocycles. The second-order valence-corrected chi connectivity index (χ2v) is 7.57. The van der Waals surface area contributed by atoms with Crippen LogP contribution in [0.15, 0.2) is 36.4 Å². The molecule has 2 aliphatic rings. The fourth-order valence-electron chi connectivity index (χ4n) is 3.36. The van der Waals surface area contributed by atoms with Crippen molar-refractivity contribution in [2.24, 2.45) is 0 Å². The minimum Gasteiger partial charge on any atom is -0.389 e. The molecule has 0 amide bonds. The maximum Gasteiger partial charge on any atom is 0.0703 e. The SMILES string of the molecule is OC1(C/C=C/c2ccccc2)CC2CCCC(C1)S2. The Labute approximate surface area is 120 Å². The van der Waals surface area contributed by atoms with Crippen LogP contribution in [0.4, 0.5) is 0 Å². The van der Waals surface area contributed by atoms with Crippen LogP contribution in [0.2, 0.25) is 0 Å². The van der Waals surface area contributed by atoms with E-state index in [1.54, 1.807) is 0 Å². The molecule has 0 aromatic heterocycles. The molecule has 2 atom stereocenters. The Balaban J connectivity index is 1.61. The molecule has 2 unspecified atom stereocenters. The van der Waals surface area contributed by atoms with Crippen LogP contribution in [0.3, 0.4) is 0 Å². The van der Waals surface area contributed by atoms with Crippen molar-refractivity contribution in [3.63, 3.8) is 0 Å². The Morgan fingerprint density at radius 1 is 1.16 bits per heavy atom. The zero-order chi connectivity index (χ0) is 13.1. The Morgan fingerprint density at radius 2 is 1.84 bits per heavy atom. The fraction of sp³-hybridized carbons (Fsp3) is 0.529. The van der Waals surface area contributed by atoms with E-state index in [0.717, 1.165) is 19.3 Å². The normalized spacial score (nSPS) is 34.6. The van der Waals surface area contributed by atoms with Gasteiger partial charge in [-0.05, 0) is 37.7 Å². The van der Waals surface area contributed by atoms with E-state index in [4.69, 9.17) is 0 Å². The highest BCUT2D eigenvalue weighted by Crippen LogP contribution is 2.46. The Morgan fingerprint density at radius 3 is 2.53 bits per heavy atom. The molecule has 1 N–H and O–H groups in total. The third-order valence-corrected chi connectivity index (χ3v) is 5.83. The quantitative estimate of drug-likeness (QED) is 0.888. The summed E-state index contributed by atoms with van der Waals surface area (Å²) in [6, 6.07) is 10.3. The molecular formula is C17H22OS. The summed E-state index contributed by atoms with van der Waals surface area (Å²) in [5, 5.41) is 12.2. The second-order valence-electron chi connectivity index (χ2n) is 5.96. The van der Waals surface area contributed by atoms with Gasteiger partial charge < -0.3 is 5.11 Å². The Bertz CT molecular complexity index is 428. The number of thioether (sulfide) groups is 1. The molecule has 1 aromatic carbocycles. The van der Waals surface area contributed by atoms with Gasteiger partial charge in [-0.3, -0.25) is 0 Å². The van der Waals surface area contributed by atoms with Gasteiger partial charge in [-0.25, -0.2) is 0 Å². The van der Waals surface area contributed by atoms with E-state index in [1.807, 2.05) is 6.07 Å². The van der Waals surface area contributed by atoms with Crippen LogP contribution in [-0.4, -0.2) is 21.2 Å². The molecule has 2 fully saturated rings. The van der Waals surface area contributed by atoms with Gasteiger partial charge in [-0.1, -0.05) is 48.9 Å². The first kappa shape index (κ1) is 13.3. The fourth-order valence-corrected chi connectivity index (χ4v) is 5.32. The first-order chi connectivity index (χ1) is 9.23. The molecule has 0 saturated carbocycles. The van der Waals surface area contributed by atoms with E-state index in [9.17, 15) is 5.11 Å². The molecule has 0 aliphatic carbocycles. The molecule has 1 aromatic rings. The van der Waals surface area contributed by atoms with Crippen LogP contribution in [0, 0.1) is 0 Å². The second kappa shape index (κ2) is 5.72. The van der Waals surface area contributed by atoms with Crippen molar-refractivity contribution < 1.29 is 5.11 Å². The summed E-state index contributed by atoms with van der Waals surface area (Å²) < 4.78 is 0. The highest BCUT2D eigenvalue weighted by Gasteiger charge is 2.40. The van der Waals surface area contributed by atoms with Crippen molar-refractivity contribution in [3.05, 3.63) is 42.0 Å². The first-order valence-electron chi connectivity index (χ1n) is 7.33. The molecule has 19 heavy (non-hydrogen) atoms. The lowest BCUT2D eigenvalue weighted by molar-refractivity contribution is 0.0156. The Kier molecular flexibility index (Phi) is 3.99. The molecular weight excluding hydrogens is 252 g/mol. The predicted molar refractivity (Wildman–Crippen MR) is 83.3 cm³/mol. The number of benzene rings is 1. The van der Waals surface area contributed by atoms with Crippen molar-refractivity contribution in [2.75, 3.05) is 0 Å². The van der Waals surface area contributed by atoms with Crippen molar-refractivity contribution in [1.82, 2.24) is 0 Å². The van der Waals surface area contributed by atoms with Crippen molar-refractivity contribution in [3.8, 4) is 0 Å². The molecule has 0 radical (unpaired) electrons. The minimum absolute atomic E-state index is 0.452. The summed E-state index contributed by atoms with van der Waals surface area (Å²) in [7, 11) is 0. The van der Waals surface area contributed by atoms with Gasteiger partial charge in [0.05, 0.1) is 5.60 Å². The van der Waals surface area contributed by atoms with Crippen LogP contribution in [0.1, 0.15) is 44.1 Å². The summed E-state index contributed by atoms with van der Waals surface area (Å²) in [5.74, 6) is 0. The van der Waals surface area contributed by atoms with E-state index in [2.05, 4.69) is 48.2 Å². The molecule has 0 spiro atoms. The summed E-state index contributed by atoms with van der Waals surface area (Å²) in [5.41, 5.74) is 0.767. The van der Waals surface area contributed by atoms with Gasteiger partial charge in [0.15, 0.2) is 0 Å². The highest BCUT2D eigenvalue weighted by atomic mass is 32.2. The number of hydrogen-bond acceptors (Lipinski definition) is 2. The smallest absolute Gasteiger partial charge is 0.0703 e. The topological polar surface area (TPSA) is 20.2 Å². The largest absolute Gasteiger partial charge is 0.389 e. The summed E-state index contributed by atoms with van der Waals surface area (Å²) >= 11 is 2.12. The highest BCUT2D eigenvalue weighted by molar-refractivity contribution is 8.00. The minimum atomic E-state index is -0.452. The lowest BCUT2D eigenvalue weighted by atomic mass is 9.83. The molecule has 3 rings (SSSR count). The van der Waals surface area contributed by atoms with E-state index in [1.165, 1.54) is 24.8 Å². The zero-order valence-corrected chi connectivity index (χ0v) is 12.1. The number of rotatable bonds is 3. The predicted octanol–water partition coefficient (Wildman–Crippen LogP) is 4.27. The van der Waals surface area contributed by atoms with Gasteiger partial charge in [0.25, 0.3) is 0 Å². The summed E-state index contributed by atoms with van der Waals surface area (Å²) in [6.07, 6.45) is 11.0. The molecule has 2 bridgehead atoms. The third kappa shape index (κ3) is 3.43. The maximum atomic E-state index is 10.8. The van der Waals surface area contributed by atoms with Crippen LogP contribution >= 0.6 is 11.8 Å². The lowest BCUT2D eigenvalue weighted by Gasteiger charge is -2.43. The molecule has 2 heterocycles. The standard InChI is InChI=1S/C17H22OS/c18-17(11-5-8-14-6-2-1-3-7-14)12-15-9-4-10-16(13-17)19-15/h1-3,5-8,15-16,18H,4,9-13H2/b8-5+. The third-order valence-electron chi connectivity index (χ3n) is 4.26. The van der Waals surface area contributed by atoms with E-state index < -0.39 is 5.60 Å². The van der Waals surface area contributed by atoms with Crippen LogP contribution < -0.4 is 0 Å². The first-order valence-corrected chi connectivity index (χ1v) is 8.27. The molecule has 2 heteroatoms. The zero-order valence-electron chi connectivity index (χ0n) is 11.3. The average molecular weight is 274 g/mol. The Hall–Kier alpha value is -0.730. The molecule has 1 nitrogen and oxygen atoms in total. The van der Waals surface area contributed by atoms with Crippen molar-refractivity contribution >= 4 is 17.8 Å². The van der Waals surface area contributed by atoms with Crippen molar-refractivity contribution in [1.29, 1.82) is 0 Å². The van der Waals surface area contributed by atoms with Crippen LogP contribution in [0.5, 0.6) is 0 Å². The van der Waals surface area contributed by atoms with Crippen molar-refractivity contribution in [2.45, 2.75) is 54.6 Å². The lowest BCUT2D eigenvalue weighted by Crippen LogP contribution is -2.42. The average Bonchev–Trinajstić information content (AvgIpc) is 2.39. The van der Waals surface area contributed by atoms with Crippen LogP contribution in [-0.2, 0) is 0 Å². The molecule has 102 valence electrons. The number of hydrogen-bond donors (Lipinski definition) is 1. The maximum absolute atomic E-state index is 10.8. The van der Waals surface area contributed by atoms with Gasteiger partial charge in [-0.2, -0.15) is 11.8 Å². The molecule has 2 saturated heterocycles. The number of aliphatic hydroxyl groups is 1. The van der Waals surface area contributed by atoms with Crippen LogP contribution in [0.25, 0.3) is 6.08 Å². The van der Waals surface area contributed by atoms with E-state index >= 15 is 0 Å². The van der Waals surface area contributed by atoms with Gasteiger partial charge in [-0.15, -0.1) is 0 Å². The van der Waals surface area contributed by atoms with Gasteiger partial charge in [0.1, 0.15) is 0 Å². The summed E-state index contributed by atoms with van der Waals surface area (Å²) in [4.78, 5) is 0. The van der Waals surface area contributed by atoms with Gasteiger partial charge in [0.2, 0.25) is 0 Å². The van der Waals surface area contributed by atoms with Gasteiger partial charge >= 0.3 is 0 Å². The summed E-state index contributed by atoms with van der Waals surface area (Å²) in [6.45, 7) is 0. The van der Waals surface area contributed by atoms with E-state index in [0.29, 0.717) is 10.5 Å².